The number of anilines is 1. The largest absolute Gasteiger partial charge is 0.342 e. The first kappa shape index (κ1) is 25.1. The number of para-hydroxylation sites is 1. The number of imidazole rings is 1. The molecule has 0 fully saturated rings. The molecule has 2 aromatic carbocycles. The van der Waals surface area contributed by atoms with Gasteiger partial charge in [0.25, 0.3) is 0 Å². The van der Waals surface area contributed by atoms with Crippen LogP contribution in [0, 0.1) is 5.92 Å². The fourth-order valence-corrected chi connectivity index (χ4v) is 4.43. The molecule has 38 heavy (non-hydrogen) atoms. The molecule has 2 aromatic heterocycles. The molecular weight excluding hydrogens is 504 g/mol. The van der Waals surface area contributed by atoms with E-state index in [1.807, 2.05) is 43.3 Å². The molecule has 10 nitrogen and oxygen atoms in total. The Morgan fingerprint density at radius 3 is 2.95 bits per heavy atom. The molecule has 0 radical (unpaired) electrons. The summed E-state index contributed by atoms with van der Waals surface area (Å²) >= 11 is 6.19. The maximum absolute atomic E-state index is 13.0. The van der Waals surface area contributed by atoms with Crippen LogP contribution in [0.15, 0.2) is 73.2 Å². The Labute approximate surface area is 223 Å². The van der Waals surface area contributed by atoms with Gasteiger partial charge in [0.05, 0.1) is 29.3 Å². The van der Waals surface area contributed by atoms with E-state index < -0.39 is 6.04 Å². The fourth-order valence-electron chi connectivity index (χ4n) is 4.25. The van der Waals surface area contributed by atoms with Crippen molar-refractivity contribution in [1.82, 2.24) is 35.5 Å². The molecule has 2 atom stereocenters. The van der Waals surface area contributed by atoms with Crippen LogP contribution < -0.4 is 10.6 Å². The summed E-state index contributed by atoms with van der Waals surface area (Å²) in [6.07, 6.45) is 11.1. The van der Waals surface area contributed by atoms with Gasteiger partial charge in [-0.3, -0.25) is 9.59 Å². The molecule has 1 unspecified atom stereocenters. The van der Waals surface area contributed by atoms with Crippen molar-refractivity contribution in [2.45, 2.75) is 25.8 Å². The van der Waals surface area contributed by atoms with Crippen molar-refractivity contribution in [3.05, 3.63) is 89.6 Å². The van der Waals surface area contributed by atoms with Crippen molar-refractivity contribution < 1.29 is 9.59 Å². The van der Waals surface area contributed by atoms with E-state index in [0.717, 1.165) is 11.3 Å². The van der Waals surface area contributed by atoms with Crippen molar-refractivity contribution in [1.29, 1.82) is 0 Å². The molecular formula is C27H25ClN8O2. The van der Waals surface area contributed by atoms with E-state index in [9.17, 15) is 9.59 Å². The number of aromatic amines is 1. The van der Waals surface area contributed by atoms with Gasteiger partial charge < -0.3 is 15.6 Å². The van der Waals surface area contributed by atoms with Crippen LogP contribution >= 0.6 is 11.6 Å². The summed E-state index contributed by atoms with van der Waals surface area (Å²) in [5.74, 6) is 0.263. The van der Waals surface area contributed by atoms with Gasteiger partial charge in [0, 0.05) is 28.6 Å². The number of carbonyl (C=O) groups is 2. The van der Waals surface area contributed by atoms with Crippen molar-refractivity contribution in [2.75, 3.05) is 5.32 Å². The minimum atomic E-state index is -0.417. The predicted molar refractivity (Wildman–Crippen MR) is 144 cm³/mol. The second-order valence-electron chi connectivity index (χ2n) is 8.97. The van der Waals surface area contributed by atoms with Gasteiger partial charge in [0.1, 0.15) is 12.2 Å². The summed E-state index contributed by atoms with van der Waals surface area (Å²) < 4.78 is 1.50. The van der Waals surface area contributed by atoms with Crippen molar-refractivity contribution in [2.24, 2.45) is 5.92 Å². The zero-order valence-corrected chi connectivity index (χ0v) is 21.3. The molecule has 4 aromatic rings. The van der Waals surface area contributed by atoms with Gasteiger partial charge in [-0.2, -0.15) is 4.68 Å². The Kier molecular flexibility index (Phi) is 7.41. The van der Waals surface area contributed by atoms with Gasteiger partial charge in [-0.25, -0.2) is 4.98 Å². The van der Waals surface area contributed by atoms with E-state index in [1.165, 1.54) is 17.1 Å². The quantitative estimate of drug-likeness (QED) is 0.264. The number of aromatic nitrogens is 6. The van der Waals surface area contributed by atoms with Crippen LogP contribution in [0.3, 0.4) is 0 Å². The third-order valence-electron chi connectivity index (χ3n) is 6.08. The number of fused-ring (bicyclic) bond motifs is 4. The Balaban J connectivity index is 1.41. The van der Waals surface area contributed by atoms with E-state index in [2.05, 4.69) is 36.1 Å². The third-order valence-corrected chi connectivity index (χ3v) is 6.31. The number of rotatable bonds is 4. The first-order valence-electron chi connectivity index (χ1n) is 12.1. The Bertz CT molecular complexity index is 1510. The normalized spacial score (nSPS) is 17.7. The molecule has 192 valence electrons. The number of H-pyrrole nitrogens is 1. The second-order valence-corrected chi connectivity index (χ2v) is 9.41. The van der Waals surface area contributed by atoms with Gasteiger partial charge >= 0.3 is 0 Å². The van der Waals surface area contributed by atoms with E-state index >= 15 is 0 Å². The first-order chi connectivity index (χ1) is 18.5. The molecule has 1 aliphatic heterocycles. The Morgan fingerprint density at radius 1 is 1.24 bits per heavy atom. The summed E-state index contributed by atoms with van der Waals surface area (Å²) in [6.45, 7) is 1.98. The molecule has 0 saturated heterocycles. The molecule has 5 rings (SSSR count). The SMILES string of the molecule is CC1C=CC[C@H](NC(=O)C=Cc2cc(Cl)ccc2-n2cnnn2)c2ncc([nH]2)-c2ccccc2NC(=O)C1. The van der Waals surface area contributed by atoms with Crippen LogP contribution in [-0.4, -0.2) is 42.0 Å². The number of benzene rings is 2. The van der Waals surface area contributed by atoms with E-state index in [4.69, 9.17) is 11.6 Å². The lowest BCUT2D eigenvalue weighted by molar-refractivity contribution is -0.117. The standard InChI is InChI=1S/C27H25ClN8O2/c1-17-5-4-8-22(27-29-15-23(33-27)20-6-2-3-7-21(20)31-26(38)13-17)32-25(37)12-9-18-14-19(28)10-11-24(18)36-16-30-34-35-36/h2-7,9-12,14-17,22H,8,13H2,1H3,(H,29,33)(H,31,38)(H,32,37)/t17?,22-/m0/s1. The van der Waals surface area contributed by atoms with Crippen LogP contribution in [0.4, 0.5) is 5.69 Å². The zero-order chi connectivity index (χ0) is 26.5. The Hall–Kier alpha value is -4.57. The maximum atomic E-state index is 13.0. The number of hydrogen-bond acceptors (Lipinski definition) is 6. The maximum Gasteiger partial charge on any atom is 0.244 e. The molecule has 0 spiro atoms. The summed E-state index contributed by atoms with van der Waals surface area (Å²) in [7, 11) is 0. The van der Waals surface area contributed by atoms with E-state index in [1.54, 1.807) is 30.5 Å². The average Bonchev–Trinajstić information content (AvgIpc) is 3.60. The summed E-state index contributed by atoms with van der Waals surface area (Å²) in [4.78, 5) is 33.5. The fraction of sp³-hybridized carbons (Fsp3) is 0.185. The zero-order valence-electron chi connectivity index (χ0n) is 20.5. The van der Waals surface area contributed by atoms with Crippen molar-refractivity contribution in [3.8, 4) is 16.9 Å². The van der Waals surface area contributed by atoms with Crippen LogP contribution in [0.5, 0.6) is 0 Å². The molecule has 11 heteroatoms. The molecule has 3 heterocycles. The van der Waals surface area contributed by atoms with Gasteiger partial charge in [-0.15, -0.1) is 5.10 Å². The highest BCUT2D eigenvalue weighted by Crippen LogP contribution is 2.29. The van der Waals surface area contributed by atoms with Gasteiger partial charge in [-0.1, -0.05) is 48.9 Å². The highest BCUT2D eigenvalue weighted by molar-refractivity contribution is 6.30. The number of carbonyl (C=O) groups excluding carboxylic acids is 2. The minimum Gasteiger partial charge on any atom is -0.342 e. The smallest absolute Gasteiger partial charge is 0.244 e. The van der Waals surface area contributed by atoms with Crippen molar-refractivity contribution >= 4 is 35.2 Å². The van der Waals surface area contributed by atoms with E-state index in [-0.39, 0.29) is 17.7 Å². The van der Waals surface area contributed by atoms with Crippen molar-refractivity contribution in [3.63, 3.8) is 0 Å². The number of allylic oxidation sites excluding steroid dienone is 1. The molecule has 3 N–H and O–H groups in total. The highest BCUT2D eigenvalue weighted by Gasteiger charge is 2.19. The predicted octanol–water partition coefficient (Wildman–Crippen LogP) is 4.50. The van der Waals surface area contributed by atoms with Gasteiger partial charge in [0.15, 0.2) is 0 Å². The molecule has 2 bridgehead atoms. The highest BCUT2D eigenvalue weighted by atomic mass is 35.5. The van der Waals surface area contributed by atoms with Gasteiger partial charge in [-0.05, 0) is 53.1 Å². The number of amides is 2. The minimum absolute atomic E-state index is 0.0259. The molecule has 2 amide bonds. The van der Waals surface area contributed by atoms with Crippen LogP contribution in [0.2, 0.25) is 5.02 Å². The lowest BCUT2D eigenvalue weighted by atomic mass is 10.0. The number of hydrogen-bond donors (Lipinski definition) is 3. The first-order valence-corrected chi connectivity index (χ1v) is 12.5. The molecule has 1 aliphatic rings. The molecule has 0 saturated carbocycles. The summed E-state index contributed by atoms with van der Waals surface area (Å²) in [5, 5.41) is 17.8. The Morgan fingerprint density at radius 2 is 2.11 bits per heavy atom. The van der Waals surface area contributed by atoms with Crippen LogP contribution in [0.25, 0.3) is 23.0 Å². The average molecular weight is 529 g/mol. The topological polar surface area (TPSA) is 130 Å². The van der Waals surface area contributed by atoms with Crippen LogP contribution in [-0.2, 0) is 9.59 Å². The lowest BCUT2D eigenvalue weighted by Crippen LogP contribution is -2.27. The third kappa shape index (κ3) is 5.87. The van der Waals surface area contributed by atoms with Crippen LogP contribution in [0.1, 0.15) is 37.2 Å². The summed E-state index contributed by atoms with van der Waals surface area (Å²) in [6, 6.07) is 12.4. The number of tetrazole rings is 1. The monoisotopic (exact) mass is 528 g/mol. The second kappa shape index (κ2) is 11.2. The number of nitrogens with one attached hydrogen (secondary N) is 3. The molecule has 0 aliphatic carbocycles. The summed E-state index contributed by atoms with van der Waals surface area (Å²) in [5.41, 5.74) is 3.62. The van der Waals surface area contributed by atoms with E-state index in [0.29, 0.717) is 40.6 Å². The van der Waals surface area contributed by atoms with Gasteiger partial charge in [0.2, 0.25) is 11.8 Å². The number of nitrogens with zero attached hydrogens (tertiary/aromatic N) is 5. The lowest BCUT2D eigenvalue weighted by Gasteiger charge is -2.14. The number of halogens is 1.